The van der Waals surface area contributed by atoms with E-state index in [0.717, 1.165) is 23.5 Å². The highest BCUT2D eigenvalue weighted by atomic mass is 32.1. The normalized spacial score (nSPS) is 14.9. The van der Waals surface area contributed by atoms with Gasteiger partial charge >= 0.3 is 0 Å². The van der Waals surface area contributed by atoms with Crippen LogP contribution in [-0.2, 0) is 16.6 Å². The Balaban J connectivity index is 2.41. The summed E-state index contributed by atoms with van der Waals surface area (Å²) < 4.78 is 0. The zero-order valence-corrected chi connectivity index (χ0v) is 14.0. The van der Waals surface area contributed by atoms with Gasteiger partial charge in [-0.3, -0.25) is 4.79 Å². The van der Waals surface area contributed by atoms with Crippen LogP contribution in [0.4, 0.5) is 0 Å². The Kier molecular flexibility index (Phi) is 6.14. The maximum Gasteiger partial charge on any atom is 0.237 e. The monoisotopic (exact) mass is 297 g/mol. The minimum atomic E-state index is -0.415. The number of nitrogens with zero attached hydrogens (tertiary/aromatic N) is 1. The summed E-state index contributed by atoms with van der Waals surface area (Å²) in [6.45, 7) is 11.1. The number of carbonyl (C=O) groups excluding carboxylic acids is 1. The summed E-state index contributed by atoms with van der Waals surface area (Å²) >= 11 is 1.65. The molecule has 2 atom stereocenters. The van der Waals surface area contributed by atoms with E-state index >= 15 is 0 Å². The number of amides is 1. The molecule has 0 spiro atoms. The standard InChI is InChI=1S/C15H27N3OS/c1-6-10(2)13(16)14(19)17-8-7-12-18-11(9-20-12)15(3,4)5/h9-10,13H,6-8,16H2,1-5H3,(H,17,19). The van der Waals surface area contributed by atoms with Crippen molar-refractivity contribution < 1.29 is 4.79 Å². The average molecular weight is 297 g/mol. The molecular weight excluding hydrogens is 270 g/mol. The number of thiazole rings is 1. The lowest BCUT2D eigenvalue weighted by atomic mass is 9.93. The van der Waals surface area contributed by atoms with Crippen LogP contribution in [0.5, 0.6) is 0 Å². The van der Waals surface area contributed by atoms with E-state index in [-0.39, 0.29) is 17.2 Å². The zero-order valence-electron chi connectivity index (χ0n) is 13.2. The molecule has 1 heterocycles. The smallest absolute Gasteiger partial charge is 0.237 e. The van der Waals surface area contributed by atoms with Gasteiger partial charge in [-0.2, -0.15) is 0 Å². The number of nitrogens with one attached hydrogen (secondary N) is 1. The van der Waals surface area contributed by atoms with E-state index in [9.17, 15) is 4.79 Å². The molecule has 2 unspecified atom stereocenters. The molecule has 0 fully saturated rings. The fraction of sp³-hybridized carbons (Fsp3) is 0.733. The molecule has 1 aromatic rings. The van der Waals surface area contributed by atoms with Gasteiger partial charge in [-0.25, -0.2) is 4.98 Å². The van der Waals surface area contributed by atoms with Gasteiger partial charge in [0.2, 0.25) is 5.91 Å². The van der Waals surface area contributed by atoms with Gasteiger partial charge in [0, 0.05) is 23.8 Å². The second-order valence-electron chi connectivity index (χ2n) is 6.33. The molecule has 0 bridgehead atoms. The van der Waals surface area contributed by atoms with E-state index < -0.39 is 6.04 Å². The van der Waals surface area contributed by atoms with E-state index in [0.29, 0.717) is 6.54 Å². The van der Waals surface area contributed by atoms with Gasteiger partial charge in [-0.15, -0.1) is 11.3 Å². The van der Waals surface area contributed by atoms with Gasteiger partial charge in [0.25, 0.3) is 0 Å². The fourth-order valence-electron chi connectivity index (χ4n) is 1.69. The van der Waals surface area contributed by atoms with Crippen LogP contribution < -0.4 is 11.1 Å². The minimum absolute atomic E-state index is 0.0630. The topological polar surface area (TPSA) is 68.0 Å². The summed E-state index contributed by atoms with van der Waals surface area (Å²) in [6.07, 6.45) is 1.68. The summed E-state index contributed by atoms with van der Waals surface area (Å²) in [5.74, 6) is 0.148. The summed E-state index contributed by atoms with van der Waals surface area (Å²) in [4.78, 5) is 16.5. The molecule has 1 rings (SSSR count). The summed E-state index contributed by atoms with van der Waals surface area (Å²) in [6, 6.07) is -0.415. The Morgan fingerprint density at radius 2 is 2.15 bits per heavy atom. The van der Waals surface area contributed by atoms with Crippen LogP contribution in [0, 0.1) is 5.92 Å². The van der Waals surface area contributed by atoms with Gasteiger partial charge in [0.05, 0.1) is 16.7 Å². The van der Waals surface area contributed by atoms with Gasteiger partial charge in [0.15, 0.2) is 0 Å². The molecule has 0 saturated heterocycles. The van der Waals surface area contributed by atoms with Crippen molar-refractivity contribution in [3.8, 4) is 0 Å². The van der Waals surface area contributed by atoms with E-state index in [2.05, 4.69) is 36.5 Å². The Morgan fingerprint density at radius 1 is 1.50 bits per heavy atom. The molecule has 114 valence electrons. The lowest BCUT2D eigenvalue weighted by Crippen LogP contribution is -2.45. The Hall–Kier alpha value is -0.940. The first-order chi connectivity index (χ1) is 9.25. The molecule has 20 heavy (non-hydrogen) atoms. The predicted octanol–water partition coefficient (Wildman–Crippen LogP) is 2.47. The quantitative estimate of drug-likeness (QED) is 0.847. The molecule has 4 nitrogen and oxygen atoms in total. The van der Waals surface area contributed by atoms with Crippen LogP contribution in [0.2, 0.25) is 0 Å². The van der Waals surface area contributed by atoms with Crippen LogP contribution in [0.25, 0.3) is 0 Å². The molecule has 0 aliphatic rings. The highest BCUT2D eigenvalue weighted by molar-refractivity contribution is 7.09. The second kappa shape index (κ2) is 7.18. The molecule has 0 aliphatic heterocycles. The van der Waals surface area contributed by atoms with Gasteiger partial charge in [-0.1, -0.05) is 41.0 Å². The Bertz CT molecular complexity index is 437. The zero-order chi connectivity index (χ0) is 15.3. The first-order valence-electron chi connectivity index (χ1n) is 7.23. The van der Waals surface area contributed by atoms with Crippen molar-refractivity contribution in [2.24, 2.45) is 11.7 Å². The van der Waals surface area contributed by atoms with Crippen molar-refractivity contribution in [1.82, 2.24) is 10.3 Å². The minimum Gasteiger partial charge on any atom is -0.354 e. The molecule has 0 aliphatic carbocycles. The van der Waals surface area contributed by atoms with Crippen molar-refractivity contribution in [1.29, 1.82) is 0 Å². The number of rotatable bonds is 6. The third-order valence-corrected chi connectivity index (χ3v) is 4.43. The van der Waals surface area contributed by atoms with Crippen LogP contribution >= 0.6 is 11.3 Å². The number of hydrogen-bond donors (Lipinski definition) is 2. The molecule has 1 amide bonds. The largest absolute Gasteiger partial charge is 0.354 e. The number of carbonyl (C=O) groups is 1. The second-order valence-corrected chi connectivity index (χ2v) is 7.27. The lowest BCUT2D eigenvalue weighted by Gasteiger charge is -2.17. The van der Waals surface area contributed by atoms with Crippen LogP contribution in [0.3, 0.4) is 0 Å². The van der Waals surface area contributed by atoms with Crippen LogP contribution in [-0.4, -0.2) is 23.5 Å². The van der Waals surface area contributed by atoms with E-state index in [1.807, 2.05) is 13.8 Å². The predicted molar refractivity (Wildman–Crippen MR) is 85.0 cm³/mol. The Labute approximate surface area is 126 Å². The van der Waals surface area contributed by atoms with Crippen molar-refractivity contribution >= 4 is 17.2 Å². The molecule has 3 N–H and O–H groups in total. The molecule has 5 heteroatoms. The molecule has 0 saturated carbocycles. The lowest BCUT2D eigenvalue weighted by molar-refractivity contribution is -0.123. The molecule has 0 radical (unpaired) electrons. The molecule has 0 aromatic carbocycles. The average Bonchev–Trinajstić information content (AvgIpc) is 2.85. The van der Waals surface area contributed by atoms with Crippen LogP contribution in [0.1, 0.15) is 51.7 Å². The van der Waals surface area contributed by atoms with Crippen molar-refractivity contribution in [2.45, 2.75) is 58.9 Å². The number of nitrogens with two attached hydrogens (primary N) is 1. The van der Waals surface area contributed by atoms with E-state index in [1.165, 1.54) is 0 Å². The maximum absolute atomic E-state index is 11.8. The summed E-state index contributed by atoms with van der Waals surface area (Å²) in [7, 11) is 0. The summed E-state index contributed by atoms with van der Waals surface area (Å²) in [5, 5.41) is 6.06. The first kappa shape index (κ1) is 17.1. The maximum atomic E-state index is 11.8. The molecule has 1 aromatic heterocycles. The van der Waals surface area contributed by atoms with E-state index in [1.54, 1.807) is 11.3 Å². The molecular formula is C15H27N3OS. The summed E-state index contributed by atoms with van der Waals surface area (Å²) in [5.41, 5.74) is 7.08. The fourth-order valence-corrected chi connectivity index (χ4v) is 2.72. The SMILES string of the molecule is CCC(C)C(N)C(=O)NCCc1nc(C(C)(C)C)cs1. The third kappa shape index (κ3) is 4.87. The number of aromatic nitrogens is 1. The third-order valence-electron chi connectivity index (χ3n) is 3.52. The van der Waals surface area contributed by atoms with Crippen LogP contribution in [0.15, 0.2) is 5.38 Å². The van der Waals surface area contributed by atoms with Gasteiger partial charge < -0.3 is 11.1 Å². The number of hydrogen-bond acceptors (Lipinski definition) is 4. The van der Waals surface area contributed by atoms with Crippen molar-refractivity contribution in [2.75, 3.05) is 6.54 Å². The van der Waals surface area contributed by atoms with Crippen molar-refractivity contribution in [3.63, 3.8) is 0 Å². The highest BCUT2D eigenvalue weighted by Crippen LogP contribution is 2.23. The highest BCUT2D eigenvalue weighted by Gasteiger charge is 2.19. The van der Waals surface area contributed by atoms with Gasteiger partial charge in [0.1, 0.15) is 0 Å². The van der Waals surface area contributed by atoms with Crippen molar-refractivity contribution in [3.05, 3.63) is 16.1 Å². The van der Waals surface area contributed by atoms with E-state index in [4.69, 9.17) is 5.73 Å². The first-order valence-corrected chi connectivity index (χ1v) is 8.11. The van der Waals surface area contributed by atoms with Gasteiger partial charge in [-0.05, 0) is 5.92 Å². The Morgan fingerprint density at radius 3 is 2.65 bits per heavy atom.